The Morgan fingerprint density at radius 2 is 1.55 bits per heavy atom. The molecule has 0 unspecified atom stereocenters. The van der Waals surface area contributed by atoms with Crippen LogP contribution in [0, 0.1) is 11.6 Å². The van der Waals surface area contributed by atoms with Crippen LogP contribution in [0.5, 0.6) is 5.75 Å². The van der Waals surface area contributed by atoms with E-state index in [0.29, 0.717) is 0 Å². The van der Waals surface area contributed by atoms with Crippen LogP contribution in [0.4, 0.5) is 13.6 Å². The minimum atomic E-state index is -1.59. The highest BCUT2D eigenvalue weighted by molar-refractivity contribution is 5.81. The number of carboxylic acids is 1. The van der Waals surface area contributed by atoms with Crippen LogP contribution in [0.15, 0.2) is 60.7 Å². The number of carbonyl (C=O) groups excluding carboxylic acids is 1. The fourth-order valence-electron chi connectivity index (χ4n) is 4.08. The van der Waals surface area contributed by atoms with E-state index in [2.05, 4.69) is 5.32 Å². The minimum Gasteiger partial charge on any atom is -0.497 e. The molecule has 2 N–H and O–H groups in total. The van der Waals surface area contributed by atoms with E-state index in [-0.39, 0.29) is 18.3 Å². The van der Waals surface area contributed by atoms with Crippen LogP contribution in [-0.4, -0.2) is 36.9 Å². The van der Waals surface area contributed by atoms with Crippen molar-refractivity contribution in [1.29, 1.82) is 0 Å². The summed E-state index contributed by atoms with van der Waals surface area (Å²) in [5.41, 5.74) is 3.64. The third kappa shape index (κ3) is 4.50. The van der Waals surface area contributed by atoms with E-state index in [1.54, 1.807) is 0 Å². The lowest BCUT2D eigenvalue weighted by molar-refractivity contribution is -0.139. The highest BCUT2D eigenvalue weighted by Gasteiger charge is 2.30. The Kier molecular flexibility index (Phi) is 6.26. The number of hydrogen-bond acceptors (Lipinski definition) is 4. The molecule has 0 saturated heterocycles. The zero-order chi connectivity index (χ0) is 23.5. The van der Waals surface area contributed by atoms with Gasteiger partial charge in [-0.05, 0) is 22.3 Å². The first-order valence-electron chi connectivity index (χ1n) is 10.2. The molecule has 0 aliphatic heterocycles. The van der Waals surface area contributed by atoms with E-state index in [0.717, 1.165) is 34.4 Å². The Balaban J connectivity index is 1.45. The Hall–Kier alpha value is -3.94. The highest BCUT2D eigenvalue weighted by atomic mass is 19.1. The number of hydrogen-bond donors (Lipinski definition) is 2. The maximum absolute atomic E-state index is 14.2. The molecule has 1 aliphatic rings. The molecule has 170 valence electrons. The molecule has 0 aromatic heterocycles. The lowest BCUT2D eigenvalue weighted by atomic mass is 9.98. The van der Waals surface area contributed by atoms with Gasteiger partial charge < -0.3 is 19.9 Å². The molecule has 1 atom stereocenters. The van der Waals surface area contributed by atoms with Gasteiger partial charge >= 0.3 is 12.1 Å². The molecule has 0 spiro atoms. The number of carboxylic acid groups (broad SMARTS) is 1. The standard InChI is InChI=1S/C25H21F2NO5/c1-32-14-10-21(26)19(22(27)11-14)12-23(24(29)30)28-25(31)33-13-20-17-8-4-2-6-15(17)16-7-3-5-9-18(16)20/h2-11,20,23H,12-13H2,1H3,(H,28,31)(H,29,30)/t23-/m0/s1. The van der Waals surface area contributed by atoms with Crippen molar-refractivity contribution in [3.05, 3.63) is 89.0 Å². The fourth-order valence-corrected chi connectivity index (χ4v) is 4.08. The van der Waals surface area contributed by atoms with E-state index in [1.807, 2.05) is 48.5 Å². The summed E-state index contributed by atoms with van der Waals surface area (Å²) in [6.07, 6.45) is -1.58. The monoisotopic (exact) mass is 453 g/mol. The van der Waals surface area contributed by atoms with E-state index >= 15 is 0 Å². The van der Waals surface area contributed by atoms with E-state index < -0.39 is 41.7 Å². The second-order valence-electron chi connectivity index (χ2n) is 7.63. The lowest BCUT2D eigenvalue weighted by Crippen LogP contribution is -2.43. The molecule has 8 heteroatoms. The van der Waals surface area contributed by atoms with Gasteiger partial charge in [0.05, 0.1) is 7.11 Å². The zero-order valence-electron chi connectivity index (χ0n) is 17.7. The first-order chi connectivity index (χ1) is 15.9. The van der Waals surface area contributed by atoms with Gasteiger partial charge in [0.25, 0.3) is 0 Å². The van der Waals surface area contributed by atoms with Crippen molar-refractivity contribution in [2.75, 3.05) is 13.7 Å². The van der Waals surface area contributed by atoms with Crippen LogP contribution in [0.3, 0.4) is 0 Å². The third-order valence-corrected chi connectivity index (χ3v) is 5.69. The number of nitrogens with one attached hydrogen (secondary N) is 1. The van der Waals surface area contributed by atoms with Crippen LogP contribution in [-0.2, 0) is 16.0 Å². The molecule has 1 amide bonds. The topological polar surface area (TPSA) is 84.9 Å². The molecule has 6 nitrogen and oxygen atoms in total. The summed E-state index contributed by atoms with van der Waals surface area (Å²) in [6, 6.07) is 15.9. The lowest BCUT2D eigenvalue weighted by Gasteiger charge is -2.18. The molecule has 33 heavy (non-hydrogen) atoms. The normalized spacial score (nSPS) is 13.1. The van der Waals surface area contributed by atoms with Crippen molar-refractivity contribution >= 4 is 12.1 Å². The number of halogens is 2. The summed E-state index contributed by atoms with van der Waals surface area (Å²) in [5.74, 6) is -3.62. The first kappa shape index (κ1) is 22.3. The fraction of sp³-hybridized carbons (Fsp3) is 0.200. The van der Waals surface area contributed by atoms with Gasteiger partial charge in [0, 0.05) is 30.0 Å². The van der Waals surface area contributed by atoms with Crippen molar-refractivity contribution in [3.63, 3.8) is 0 Å². The molecule has 0 radical (unpaired) electrons. The molecular formula is C25H21F2NO5. The zero-order valence-corrected chi connectivity index (χ0v) is 17.7. The van der Waals surface area contributed by atoms with Crippen molar-refractivity contribution < 1.29 is 33.0 Å². The summed E-state index contributed by atoms with van der Waals surface area (Å²) in [5, 5.41) is 11.7. The maximum Gasteiger partial charge on any atom is 0.407 e. The Bertz CT molecular complexity index is 1140. The smallest absolute Gasteiger partial charge is 0.407 e. The average molecular weight is 453 g/mol. The number of carbonyl (C=O) groups is 2. The Labute approximate surface area is 188 Å². The van der Waals surface area contributed by atoms with Crippen molar-refractivity contribution in [2.24, 2.45) is 0 Å². The van der Waals surface area contributed by atoms with Crippen LogP contribution in [0.2, 0.25) is 0 Å². The summed E-state index contributed by atoms with van der Waals surface area (Å²) in [6.45, 7) is -0.0164. The van der Waals surface area contributed by atoms with Crippen LogP contribution >= 0.6 is 0 Å². The molecule has 3 aromatic carbocycles. The number of fused-ring (bicyclic) bond motifs is 3. The predicted molar refractivity (Wildman–Crippen MR) is 116 cm³/mol. The average Bonchev–Trinajstić information content (AvgIpc) is 3.12. The summed E-state index contributed by atoms with van der Waals surface area (Å²) in [7, 11) is 1.26. The van der Waals surface area contributed by atoms with Gasteiger partial charge in [-0.25, -0.2) is 18.4 Å². The van der Waals surface area contributed by atoms with Crippen LogP contribution in [0.25, 0.3) is 11.1 Å². The number of aliphatic carboxylic acids is 1. The predicted octanol–water partition coefficient (Wildman–Crippen LogP) is 4.51. The van der Waals surface area contributed by atoms with Gasteiger partial charge in [0.15, 0.2) is 0 Å². The minimum absolute atomic E-state index is 0.0164. The maximum atomic E-state index is 14.2. The van der Waals surface area contributed by atoms with Gasteiger partial charge in [-0.3, -0.25) is 0 Å². The van der Waals surface area contributed by atoms with Gasteiger partial charge in [0.2, 0.25) is 0 Å². The number of amides is 1. The van der Waals surface area contributed by atoms with Crippen molar-refractivity contribution in [1.82, 2.24) is 5.32 Å². The summed E-state index contributed by atoms with van der Waals surface area (Å²) in [4.78, 5) is 24.0. The SMILES string of the molecule is COc1cc(F)c(C[C@H](NC(=O)OCC2c3ccccc3-c3ccccc32)C(=O)O)c(F)c1. The van der Waals surface area contributed by atoms with Gasteiger partial charge in [-0.2, -0.15) is 0 Å². The molecule has 0 bridgehead atoms. The molecule has 0 heterocycles. The molecule has 4 rings (SSSR count). The molecular weight excluding hydrogens is 432 g/mol. The first-order valence-corrected chi connectivity index (χ1v) is 10.2. The van der Waals surface area contributed by atoms with E-state index in [1.165, 1.54) is 7.11 Å². The van der Waals surface area contributed by atoms with Gasteiger partial charge in [-0.1, -0.05) is 48.5 Å². The van der Waals surface area contributed by atoms with Crippen molar-refractivity contribution in [3.8, 4) is 16.9 Å². The third-order valence-electron chi connectivity index (χ3n) is 5.69. The van der Waals surface area contributed by atoms with Gasteiger partial charge in [-0.15, -0.1) is 0 Å². The Morgan fingerprint density at radius 1 is 1.00 bits per heavy atom. The van der Waals surface area contributed by atoms with E-state index in [4.69, 9.17) is 9.47 Å². The Morgan fingerprint density at radius 3 is 2.06 bits per heavy atom. The van der Waals surface area contributed by atoms with Gasteiger partial charge in [0.1, 0.15) is 30.0 Å². The summed E-state index contributed by atoms with van der Waals surface area (Å²) < 4.78 is 38.6. The molecule has 0 saturated carbocycles. The number of methoxy groups -OCH3 is 1. The van der Waals surface area contributed by atoms with Crippen LogP contribution in [0.1, 0.15) is 22.6 Å². The second kappa shape index (κ2) is 9.28. The quantitative estimate of drug-likeness (QED) is 0.550. The highest BCUT2D eigenvalue weighted by Crippen LogP contribution is 2.44. The number of alkyl carbamates (subject to hydrolysis) is 1. The molecule has 1 aliphatic carbocycles. The number of ether oxygens (including phenoxy) is 2. The number of rotatable bonds is 7. The number of benzene rings is 3. The van der Waals surface area contributed by atoms with Crippen LogP contribution < -0.4 is 10.1 Å². The largest absolute Gasteiger partial charge is 0.497 e. The van der Waals surface area contributed by atoms with Crippen molar-refractivity contribution in [2.45, 2.75) is 18.4 Å². The molecule has 3 aromatic rings. The van der Waals surface area contributed by atoms with E-state index in [9.17, 15) is 23.5 Å². The molecule has 0 fully saturated rings. The summed E-state index contributed by atoms with van der Waals surface area (Å²) >= 11 is 0. The second-order valence-corrected chi connectivity index (χ2v) is 7.63.